The van der Waals surface area contributed by atoms with Gasteiger partial charge in [-0.3, -0.25) is 0 Å². The molecule has 7 nitrogen and oxygen atoms in total. The first-order valence-corrected chi connectivity index (χ1v) is 9.98. The number of unbranched alkanes of at least 4 members (excludes halogenated alkanes) is 1. The molecule has 160 valence electrons. The summed E-state index contributed by atoms with van der Waals surface area (Å²) in [6.45, 7) is 4.89. The summed E-state index contributed by atoms with van der Waals surface area (Å²) in [5.74, 6) is -1.44. The highest BCUT2D eigenvalue weighted by molar-refractivity contribution is 6.32. The molecule has 0 aliphatic carbocycles. The molecule has 2 heterocycles. The Morgan fingerprint density at radius 3 is 2.77 bits per heavy atom. The SMILES string of the molecule is CCCCOCCOC(=O)c1nc(-c2ccc(Cl)c(OC)c2F)nc2[nH]cc(C)c12. The maximum atomic E-state index is 14.9. The summed E-state index contributed by atoms with van der Waals surface area (Å²) in [5, 5.41) is 0.648. The number of aromatic nitrogens is 3. The molecule has 9 heteroatoms. The molecule has 3 aromatic rings. The number of fused-ring (bicyclic) bond motifs is 1. The number of halogens is 2. The largest absolute Gasteiger partial charge is 0.492 e. The van der Waals surface area contributed by atoms with Gasteiger partial charge in [0.05, 0.1) is 29.7 Å². The fourth-order valence-corrected chi connectivity index (χ4v) is 3.18. The van der Waals surface area contributed by atoms with Gasteiger partial charge in [0.15, 0.2) is 23.1 Å². The highest BCUT2D eigenvalue weighted by atomic mass is 35.5. The molecule has 0 unspecified atom stereocenters. The molecule has 2 aromatic heterocycles. The molecule has 1 aromatic carbocycles. The first-order valence-electron chi connectivity index (χ1n) is 9.60. The fraction of sp³-hybridized carbons (Fsp3) is 0.381. The van der Waals surface area contributed by atoms with Gasteiger partial charge >= 0.3 is 5.97 Å². The standard InChI is InChI=1S/C21H23ClFN3O4/c1-4-5-8-29-9-10-30-21(27)17-15-12(2)11-24-20(15)26-19(25-17)13-6-7-14(22)18(28-3)16(13)23/h6-7,11H,4-5,8-10H2,1-3H3,(H,24,25,26). The summed E-state index contributed by atoms with van der Waals surface area (Å²) in [6.07, 6.45) is 3.68. The van der Waals surface area contributed by atoms with Gasteiger partial charge in [0, 0.05) is 12.8 Å². The second-order valence-corrected chi connectivity index (χ2v) is 7.04. The zero-order valence-corrected chi connectivity index (χ0v) is 17.8. The monoisotopic (exact) mass is 435 g/mol. The average Bonchev–Trinajstić information content (AvgIpc) is 3.11. The number of aryl methyl sites for hydroxylation is 1. The van der Waals surface area contributed by atoms with Crippen molar-refractivity contribution in [1.82, 2.24) is 15.0 Å². The fourth-order valence-electron chi connectivity index (χ4n) is 2.96. The van der Waals surface area contributed by atoms with Gasteiger partial charge in [-0.15, -0.1) is 0 Å². The number of hydrogen-bond acceptors (Lipinski definition) is 6. The van der Waals surface area contributed by atoms with E-state index in [2.05, 4.69) is 21.9 Å². The van der Waals surface area contributed by atoms with Crippen LogP contribution in [0.4, 0.5) is 4.39 Å². The van der Waals surface area contributed by atoms with Crippen LogP contribution in [-0.4, -0.2) is 47.9 Å². The first-order chi connectivity index (χ1) is 14.5. The van der Waals surface area contributed by atoms with Crippen molar-refractivity contribution in [2.45, 2.75) is 26.7 Å². The summed E-state index contributed by atoms with van der Waals surface area (Å²) in [5.41, 5.74) is 1.28. The van der Waals surface area contributed by atoms with Gasteiger partial charge in [0.1, 0.15) is 12.3 Å². The van der Waals surface area contributed by atoms with E-state index in [0.717, 1.165) is 18.4 Å². The van der Waals surface area contributed by atoms with Gasteiger partial charge in [0.25, 0.3) is 0 Å². The molecule has 0 saturated heterocycles. The Labute approximate surface area is 178 Å². The summed E-state index contributed by atoms with van der Waals surface area (Å²) in [4.78, 5) is 24.4. The van der Waals surface area contributed by atoms with Gasteiger partial charge in [-0.05, 0) is 31.0 Å². The van der Waals surface area contributed by atoms with Crippen molar-refractivity contribution in [3.63, 3.8) is 0 Å². The number of nitrogens with zero attached hydrogens (tertiary/aromatic N) is 2. The lowest BCUT2D eigenvalue weighted by Crippen LogP contribution is -2.14. The number of carbonyl (C=O) groups is 1. The number of esters is 1. The Kier molecular flexibility index (Phi) is 7.23. The smallest absolute Gasteiger partial charge is 0.357 e. The van der Waals surface area contributed by atoms with Gasteiger partial charge in [0.2, 0.25) is 0 Å². The Bertz CT molecular complexity index is 1050. The topological polar surface area (TPSA) is 86.3 Å². The maximum absolute atomic E-state index is 14.9. The number of methoxy groups -OCH3 is 1. The lowest BCUT2D eigenvalue weighted by atomic mass is 10.1. The minimum absolute atomic E-state index is 0.0166. The van der Waals surface area contributed by atoms with Crippen LogP contribution in [0.25, 0.3) is 22.4 Å². The highest BCUT2D eigenvalue weighted by Gasteiger charge is 2.23. The van der Waals surface area contributed by atoms with Crippen LogP contribution in [0, 0.1) is 12.7 Å². The lowest BCUT2D eigenvalue weighted by Gasteiger charge is -2.11. The van der Waals surface area contributed by atoms with Gasteiger partial charge in [-0.1, -0.05) is 24.9 Å². The molecule has 0 fully saturated rings. The van der Waals surface area contributed by atoms with Crippen molar-refractivity contribution in [3.8, 4) is 17.1 Å². The number of carbonyl (C=O) groups excluding carboxylic acids is 1. The Balaban J connectivity index is 1.93. The third-order valence-electron chi connectivity index (χ3n) is 4.52. The normalized spacial score (nSPS) is 11.1. The van der Waals surface area contributed by atoms with Crippen molar-refractivity contribution in [2.24, 2.45) is 0 Å². The molecule has 0 amide bonds. The molecule has 0 aliphatic heterocycles. The van der Waals surface area contributed by atoms with E-state index in [1.165, 1.54) is 19.2 Å². The summed E-state index contributed by atoms with van der Waals surface area (Å²) in [7, 11) is 1.32. The third kappa shape index (κ3) is 4.55. The Hall–Kier alpha value is -2.71. The van der Waals surface area contributed by atoms with Crippen molar-refractivity contribution in [1.29, 1.82) is 0 Å². The Morgan fingerprint density at radius 2 is 2.03 bits per heavy atom. The van der Waals surface area contributed by atoms with Crippen LogP contribution in [0.15, 0.2) is 18.3 Å². The Morgan fingerprint density at radius 1 is 1.23 bits per heavy atom. The van der Waals surface area contributed by atoms with E-state index in [0.29, 0.717) is 24.2 Å². The van der Waals surface area contributed by atoms with Crippen molar-refractivity contribution >= 4 is 28.6 Å². The second-order valence-electron chi connectivity index (χ2n) is 6.64. The van der Waals surface area contributed by atoms with Crippen LogP contribution in [0.3, 0.4) is 0 Å². The second kappa shape index (κ2) is 9.86. The number of H-pyrrole nitrogens is 1. The number of benzene rings is 1. The van der Waals surface area contributed by atoms with Crippen LogP contribution in [0.5, 0.6) is 5.75 Å². The van der Waals surface area contributed by atoms with E-state index in [9.17, 15) is 9.18 Å². The van der Waals surface area contributed by atoms with Crippen LogP contribution in [0.2, 0.25) is 5.02 Å². The minimum atomic E-state index is -0.712. The van der Waals surface area contributed by atoms with Crippen molar-refractivity contribution in [2.75, 3.05) is 26.9 Å². The van der Waals surface area contributed by atoms with E-state index in [1.54, 1.807) is 6.20 Å². The maximum Gasteiger partial charge on any atom is 0.357 e. The van der Waals surface area contributed by atoms with E-state index < -0.39 is 11.8 Å². The first kappa shape index (κ1) is 22.0. The number of hydrogen-bond donors (Lipinski definition) is 1. The predicted octanol–water partition coefficient (Wildman–Crippen LogP) is 4.71. The molecule has 3 rings (SSSR count). The molecule has 0 aliphatic rings. The molecular weight excluding hydrogens is 413 g/mol. The summed E-state index contributed by atoms with van der Waals surface area (Å²) >= 11 is 5.97. The molecule has 30 heavy (non-hydrogen) atoms. The van der Waals surface area contributed by atoms with Crippen LogP contribution in [-0.2, 0) is 9.47 Å². The van der Waals surface area contributed by atoms with Crippen LogP contribution < -0.4 is 4.74 Å². The average molecular weight is 436 g/mol. The van der Waals surface area contributed by atoms with Crippen molar-refractivity contribution < 1.29 is 23.4 Å². The molecule has 0 bridgehead atoms. The zero-order valence-electron chi connectivity index (χ0n) is 17.1. The molecule has 0 atom stereocenters. The predicted molar refractivity (Wildman–Crippen MR) is 112 cm³/mol. The third-order valence-corrected chi connectivity index (χ3v) is 4.82. The number of ether oxygens (including phenoxy) is 3. The molecule has 0 spiro atoms. The molecular formula is C21H23ClFN3O4. The summed E-state index contributed by atoms with van der Waals surface area (Å²) in [6, 6.07) is 2.92. The quantitative estimate of drug-likeness (QED) is 0.387. The van der Waals surface area contributed by atoms with Crippen LogP contribution >= 0.6 is 11.6 Å². The highest BCUT2D eigenvalue weighted by Crippen LogP contribution is 2.34. The molecule has 0 saturated carbocycles. The molecule has 1 N–H and O–H groups in total. The number of nitrogens with one attached hydrogen (secondary N) is 1. The van der Waals surface area contributed by atoms with Crippen LogP contribution in [0.1, 0.15) is 35.8 Å². The number of aromatic amines is 1. The molecule has 0 radical (unpaired) electrons. The van der Waals surface area contributed by atoms with Gasteiger partial charge in [-0.25, -0.2) is 19.2 Å². The van der Waals surface area contributed by atoms with Crippen molar-refractivity contribution in [3.05, 3.63) is 40.4 Å². The van der Waals surface area contributed by atoms with Gasteiger partial charge in [-0.2, -0.15) is 0 Å². The van der Waals surface area contributed by atoms with E-state index >= 15 is 0 Å². The van der Waals surface area contributed by atoms with E-state index in [-0.39, 0.29) is 34.5 Å². The van der Waals surface area contributed by atoms with Gasteiger partial charge < -0.3 is 19.2 Å². The number of rotatable bonds is 9. The summed E-state index contributed by atoms with van der Waals surface area (Å²) < 4.78 is 30.6. The van der Waals surface area contributed by atoms with E-state index in [1.807, 2.05) is 6.92 Å². The zero-order chi connectivity index (χ0) is 21.7. The minimum Gasteiger partial charge on any atom is -0.492 e. The van der Waals surface area contributed by atoms with E-state index in [4.69, 9.17) is 25.8 Å². The lowest BCUT2D eigenvalue weighted by molar-refractivity contribution is 0.0310.